The third-order valence-corrected chi connectivity index (χ3v) is 3.77. The Morgan fingerprint density at radius 2 is 1.31 bits per heavy atom. The number of nitrogens with two attached hydrogens (primary N) is 1. The summed E-state index contributed by atoms with van der Waals surface area (Å²) < 4.78 is 61.0. The van der Waals surface area contributed by atoms with Crippen LogP contribution in [-0.2, 0) is 21.6 Å². The Kier molecular flexibility index (Phi) is 43.4. The minimum Gasteiger partial charge on any atom is -1.00 e. The summed E-state index contributed by atoms with van der Waals surface area (Å²) in [6, 6.07) is 10.5. The molecule has 2 aromatic rings. The molecule has 0 heterocycles. The van der Waals surface area contributed by atoms with Gasteiger partial charge in [-0.2, -0.15) is 13.2 Å². The van der Waals surface area contributed by atoms with Gasteiger partial charge in [-0.3, -0.25) is 4.79 Å². The number of hydrogen-bond acceptors (Lipinski definition) is 5. The van der Waals surface area contributed by atoms with Gasteiger partial charge < -0.3 is 22.6 Å². The first-order chi connectivity index (χ1) is 14.9. The summed E-state index contributed by atoms with van der Waals surface area (Å²) in [6.45, 7) is 4.82. The van der Waals surface area contributed by atoms with E-state index in [4.69, 9.17) is 15.8 Å². The molecule has 0 amide bonds. The van der Waals surface area contributed by atoms with Gasteiger partial charge in [0.15, 0.2) is 0 Å². The molecule has 2 aromatic carbocycles. The van der Waals surface area contributed by atoms with Crippen LogP contribution in [0, 0.1) is 11.6 Å². The fraction of sp³-hybridized carbons (Fsp3) is 0.409. The number of halogens is 7. The summed E-state index contributed by atoms with van der Waals surface area (Å²) in [5.74, 6) is -0.581. The first-order valence-electron chi connectivity index (χ1n) is 9.20. The summed E-state index contributed by atoms with van der Waals surface area (Å²) in [4.78, 5) is 11.2. The summed E-state index contributed by atoms with van der Waals surface area (Å²) in [5.41, 5.74) is 6.82. The number of carbonyl (C=O) groups is 1. The predicted octanol–water partition coefficient (Wildman–Crippen LogP) is -0.447. The van der Waals surface area contributed by atoms with Gasteiger partial charge >= 0.3 is 109 Å². The van der Waals surface area contributed by atoms with E-state index < -0.39 is 18.0 Å². The molecule has 36 heavy (non-hydrogen) atoms. The third-order valence-electron chi connectivity index (χ3n) is 3.12. The van der Waals surface area contributed by atoms with Crippen molar-refractivity contribution >= 4 is 34.8 Å². The number of benzene rings is 2. The molecule has 2 rings (SSSR count). The molecular weight excluding hydrogens is 629 g/mol. The van der Waals surface area contributed by atoms with E-state index in [2.05, 4.69) is 26.1 Å². The van der Waals surface area contributed by atoms with Gasteiger partial charge in [-0.05, 0) is 48.4 Å². The monoisotopic (exact) mass is 660 g/mol. The normalized spacial score (nSPS) is 9.78. The Balaban J connectivity index is -0.0000000711. The average Bonchev–Trinajstić information content (AvgIpc) is 2.73. The van der Waals surface area contributed by atoms with Crippen molar-refractivity contribution in [3.63, 3.8) is 0 Å². The van der Waals surface area contributed by atoms with Crippen LogP contribution in [0.25, 0.3) is 0 Å². The van der Waals surface area contributed by atoms with Gasteiger partial charge in [0.25, 0.3) is 6.47 Å². The third kappa shape index (κ3) is 33.5. The molecule has 5 nitrogen and oxygen atoms in total. The molecule has 0 aliphatic carbocycles. The zero-order valence-corrected chi connectivity index (χ0v) is 28.9. The molecule has 0 aliphatic rings. The number of nitrogens with one attached hydrogen (secondary N) is 1. The van der Waals surface area contributed by atoms with E-state index in [9.17, 15) is 22.0 Å². The largest absolute Gasteiger partial charge is 1.00 e. The minimum absolute atomic E-state index is 0. The Morgan fingerprint density at radius 1 is 1.00 bits per heavy atom. The van der Waals surface area contributed by atoms with Crippen molar-refractivity contribution in [2.24, 2.45) is 5.73 Å². The maximum atomic E-state index is 12.5. The molecule has 0 saturated carbocycles. The molecule has 0 unspecified atom stereocenters. The van der Waals surface area contributed by atoms with Gasteiger partial charge in [-0.25, -0.2) is 8.78 Å². The van der Waals surface area contributed by atoms with Crippen LogP contribution in [0.3, 0.4) is 0 Å². The number of carbonyl (C=O) groups excluding carboxylic acids is 1. The minimum atomic E-state index is -4.25. The first-order valence-corrected chi connectivity index (χ1v) is 10.3. The molecule has 0 aromatic heterocycles. The molecule has 0 fully saturated rings. The van der Waals surface area contributed by atoms with Crippen LogP contribution >= 0.6 is 28.3 Å². The Labute approximate surface area is 311 Å². The molecule has 3 N–H and O–H groups in total. The second-order valence-electron chi connectivity index (χ2n) is 6.47. The van der Waals surface area contributed by atoms with Gasteiger partial charge in [0, 0.05) is 11.9 Å². The SMILES string of the molecule is C.CC(C)N.C[C@H](NCc1ccc(F)cc1)C(F)(F)F.Cl.Fc1ccc(CBr)cc1.O=CO[O-].[H-].[K+].[K+]. The topological polar surface area (TPSA) is 87.4 Å². The van der Waals surface area contributed by atoms with Crippen LogP contribution in [0.4, 0.5) is 22.0 Å². The molecule has 200 valence electrons. The van der Waals surface area contributed by atoms with Gasteiger partial charge in [0.2, 0.25) is 0 Å². The second kappa shape index (κ2) is 31.0. The Bertz CT molecular complexity index is 737. The van der Waals surface area contributed by atoms with Crippen molar-refractivity contribution < 1.29 is 141 Å². The fourth-order valence-electron chi connectivity index (χ4n) is 1.56. The van der Waals surface area contributed by atoms with Crippen molar-refractivity contribution in [1.82, 2.24) is 5.32 Å². The smallest absolute Gasteiger partial charge is 1.00 e. The number of rotatable bonds is 5. The van der Waals surface area contributed by atoms with Gasteiger partial charge in [-0.1, -0.05) is 61.5 Å². The average molecular weight is 662 g/mol. The fourth-order valence-corrected chi connectivity index (χ4v) is 1.94. The van der Waals surface area contributed by atoms with Crippen molar-refractivity contribution in [1.29, 1.82) is 0 Å². The van der Waals surface area contributed by atoms with Crippen molar-refractivity contribution in [2.75, 3.05) is 0 Å². The zero-order chi connectivity index (χ0) is 25.2. The quantitative estimate of drug-likeness (QED) is 0.113. The molecule has 0 bridgehead atoms. The maximum Gasteiger partial charge on any atom is 1.00 e. The van der Waals surface area contributed by atoms with E-state index in [0.29, 0.717) is 11.6 Å². The van der Waals surface area contributed by atoms with Crippen LogP contribution in [-0.4, -0.2) is 24.7 Å². The summed E-state index contributed by atoms with van der Waals surface area (Å²) in [6.07, 6.45) is -4.25. The van der Waals surface area contributed by atoms with E-state index in [1.807, 2.05) is 13.8 Å². The molecule has 0 radical (unpaired) electrons. The number of alkyl halides is 4. The Morgan fingerprint density at radius 3 is 1.56 bits per heavy atom. The molecule has 0 aliphatic heterocycles. The van der Waals surface area contributed by atoms with Crippen molar-refractivity contribution in [2.45, 2.75) is 58.3 Å². The second-order valence-corrected chi connectivity index (χ2v) is 7.03. The van der Waals surface area contributed by atoms with Gasteiger partial charge in [0.1, 0.15) is 17.7 Å². The Hall–Kier alpha value is 1.48. The summed E-state index contributed by atoms with van der Waals surface area (Å²) in [7, 11) is 0. The van der Waals surface area contributed by atoms with Crippen LogP contribution in [0.15, 0.2) is 48.5 Å². The van der Waals surface area contributed by atoms with Crippen molar-refractivity contribution in [3.8, 4) is 0 Å². The predicted molar refractivity (Wildman–Crippen MR) is 129 cm³/mol. The maximum absolute atomic E-state index is 12.5. The van der Waals surface area contributed by atoms with Crippen LogP contribution in [0.2, 0.25) is 0 Å². The van der Waals surface area contributed by atoms with E-state index >= 15 is 0 Å². The van der Waals surface area contributed by atoms with Crippen LogP contribution < -0.4 is 119 Å². The van der Waals surface area contributed by atoms with Crippen LogP contribution in [0.5, 0.6) is 0 Å². The van der Waals surface area contributed by atoms with Crippen molar-refractivity contribution in [3.05, 3.63) is 71.3 Å². The van der Waals surface area contributed by atoms with E-state index in [0.717, 1.165) is 17.8 Å². The van der Waals surface area contributed by atoms with Gasteiger partial charge in [-0.15, -0.1) is 12.4 Å². The van der Waals surface area contributed by atoms with E-state index in [1.54, 1.807) is 12.1 Å². The molecule has 0 spiro atoms. The van der Waals surface area contributed by atoms with E-state index in [1.165, 1.54) is 36.4 Å². The zero-order valence-electron chi connectivity index (χ0n) is 21.2. The molecular formula is C22H33BrClF5K2N2O3. The summed E-state index contributed by atoms with van der Waals surface area (Å²) >= 11 is 3.26. The first kappa shape index (κ1) is 50.3. The van der Waals surface area contributed by atoms with Crippen LogP contribution in [0.1, 0.15) is 40.8 Å². The number of hydrogen-bond donors (Lipinski definition) is 2. The molecule has 14 heteroatoms. The van der Waals surface area contributed by atoms with Gasteiger partial charge in [0.05, 0.1) is 0 Å². The summed E-state index contributed by atoms with van der Waals surface area (Å²) in [5, 5.41) is 11.5. The molecule has 0 saturated heterocycles. The molecule has 1 atom stereocenters. The standard InChI is InChI=1S/C10H11F4N.C7H6BrF.C3H9N.CH2O3.CH4.ClH.2K.H/c1-7(10(12,13)14)15-6-8-2-4-9(11)5-3-8;8-5-6-1-3-7(9)4-2-6;1-3(2)4;2-1-4-3;;;;;/h2-5,7,15H,6H2,1H3;1-4H,5H2;3H,4H2,1-2H3;1,3H;1H4;1H;;;/q;;;;;;2*+1;-1/p-1/t7-;;;;;;;;/m0......../s1. The van der Waals surface area contributed by atoms with E-state index in [-0.39, 0.29) is 143 Å².